The number of amides is 1. The summed E-state index contributed by atoms with van der Waals surface area (Å²) in [5, 5.41) is 10.7. The monoisotopic (exact) mass is 331 g/mol. The van der Waals surface area contributed by atoms with Gasteiger partial charge in [0.15, 0.2) is 0 Å². The molecule has 0 aromatic heterocycles. The maximum Gasteiger partial charge on any atom is 0.269 e. The molecule has 0 radical (unpaired) electrons. The summed E-state index contributed by atoms with van der Waals surface area (Å²) < 4.78 is 0. The minimum atomic E-state index is -0.414. The van der Waals surface area contributed by atoms with Gasteiger partial charge in [-0.1, -0.05) is 12.1 Å². The molecule has 130 valence electrons. The Morgan fingerprint density at radius 3 is 2.42 bits per heavy atom. The number of nitro groups is 1. The SMILES string of the molecule is O=C(Cc1ccc([N+](=O)[O-])cc1)N1CCCC[C@H]1CN1CCCC1. The molecule has 1 aromatic rings. The van der Waals surface area contributed by atoms with E-state index >= 15 is 0 Å². The van der Waals surface area contributed by atoms with E-state index in [2.05, 4.69) is 4.90 Å². The predicted molar refractivity (Wildman–Crippen MR) is 91.8 cm³/mol. The number of carbonyl (C=O) groups is 1. The molecule has 6 nitrogen and oxygen atoms in total. The van der Waals surface area contributed by atoms with E-state index in [1.54, 1.807) is 12.1 Å². The number of hydrogen-bond donors (Lipinski definition) is 0. The molecule has 0 spiro atoms. The van der Waals surface area contributed by atoms with Crippen molar-refractivity contribution in [3.05, 3.63) is 39.9 Å². The molecule has 0 N–H and O–H groups in total. The van der Waals surface area contributed by atoms with E-state index in [4.69, 9.17) is 0 Å². The van der Waals surface area contributed by atoms with Crippen LogP contribution < -0.4 is 0 Å². The number of non-ortho nitro benzene ring substituents is 1. The van der Waals surface area contributed by atoms with Crippen molar-refractivity contribution in [1.29, 1.82) is 0 Å². The molecule has 24 heavy (non-hydrogen) atoms. The second-order valence-corrected chi connectivity index (χ2v) is 6.84. The fourth-order valence-electron chi connectivity index (χ4n) is 3.79. The Hall–Kier alpha value is -1.95. The molecule has 2 saturated heterocycles. The van der Waals surface area contributed by atoms with Gasteiger partial charge in [0.2, 0.25) is 5.91 Å². The van der Waals surface area contributed by atoms with E-state index in [9.17, 15) is 14.9 Å². The van der Waals surface area contributed by atoms with Crippen LogP contribution in [-0.2, 0) is 11.2 Å². The van der Waals surface area contributed by atoms with Crippen LogP contribution in [0, 0.1) is 10.1 Å². The molecule has 2 heterocycles. The minimum Gasteiger partial charge on any atom is -0.338 e. The summed E-state index contributed by atoms with van der Waals surface area (Å²) in [4.78, 5) is 27.6. The van der Waals surface area contributed by atoms with Gasteiger partial charge in [0.25, 0.3) is 5.69 Å². The second-order valence-electron chi connectivity index (χ2n) is 6.84. The highest BCUT2D eigenvalue weighted by Gasteiger charge is 2.29. The first kappa shape index (κ1) is 16.9. The summed E-state index contributed by atoms with van der Waals surface area (Å²) in [6.45, 7) is 4.14. The number of carbonyl (C=O) groups excluding carboxylic acids is 1. The van der Waals surface area contributed by atoms with Gasteiger partial charge in [0.05, 0.1) is 11.3 Å². The third-order valence-corrected chi connectivity index (χ3v) is 5.12. The van der Waals surface area contributed by atoms with Crippen molar-refractivity contribution < 1.29 is 9.72 Å². The van der Waals surface area contributed by atoms with Gasteiger partial charge in [0, 0.05) is 31.3 Å². The van der Waals surface area contributed by atoms with Crippen molar-refractivity contribution in [2.75, 3.05) is 26.2 Å². The second kappa shape index (κ2) is 7.75. The zero-order chi connectivity index (χ0) is 16.9. The van der Waals surface area contributed by atoms with Crippen LogP contribution in [0.3, 0.4) is 0 Å². The van der Waals surface area contributed by atoms with Crippen LogP contribution in [0.2, 0.25) is 0 Å². The summed E-state index contributed by atoms with van der Waals surface area (Å²) in [5.74, 6) is 0.146. The van der Waals surface area contributed by atoms with E-state index in [1.165, 1.54) is 31.4 Å². The predicted octanol–water partition coefficient (Wildman–Crippen LogP) is 2.61. The van der Waals surface area contributed by atoms with Crippen molar-refractivity contribution in [3.8, 4) is 0 Å². The third kappa shape index (κ3) is 4.12. The summed E-state index contributed by atoms with van der Waals surface area (Å²) in [6, 6.07) is 6.65. The summed E-state index contributed by atoms with van der Waals surface area (Å²) in [7, 11) is 0. The quantitative estimate of drug-likeness (QED) is 0.614. The highest BCUT2D eigenvalue weighted by atomic mass is 16.6. The van der Waals surface area contributed by atoms with Gasteiger partial charge >= 0.3 is 0 Å². The largest absolute Gasteiger partial charge is 0.338 e. The van der Waals surface area contributed by atoms with Gasteiger partial charge < -0.3 is 9.80 Å². The number of rotatable bonds is 5. The zero-order valence-corrected chi connectivity index (χ0v) is 14.0. The number of piperidine rings is 1. The van der Waals surface area contributed by atoms with Gasteiger partial charge in [0.1, 0.15) is 0 Å². The average Bonchev–Trinajstić information content (AvgIpc) is 3.09. The molecular weight excluding hydrogens is 306 g/mol. The molecular formula is C18H25N3O3. The Kier molecular flexibility index (Phi) is 5.45. The first-order chi connectivity index (χ1) is 11.6. The van der Waals surface area contributed by atoms with Crippen LogP contribution in [-0.4, -0.2) is 52.9 Å². The van der Waals surface area contributed by atoms with Gasteiger partial charge in [-0.3, -0.25) is 14.9 Å². The Balaban J connectivity index is 1.61. The van der Waals surface area contributed by atoms with Gasteiger partial charge in [-0.05, 0) is 50.8 Å². The van der Waals surface area contributed by atoms with E-state index in [0.717, 1.165) is 44.6 Å². The molecule has 0 saturated carbocycles. The van der Waals surface area contributed by atoms with Crippen LogP contribution in [0.1, 0.15) is 37.7 Å². The first-order valence-electron chi connectivity index (χ1n) is 8.88. The normalized spacial score (nSPS) is 21.8. The van der Waals surface area contributed by atoms with Crippen molar-refractivity contribution >= 4 is 11.6 Å². The summed E-state index contributed by atoms with van der Waals surface area (Å²) >= 11 is 0. The average molecular weight is 331 g/mol. The molecule has 0 bridgehead atoms. The first-order valence-corrected chi connectivity index (χ1v) is 8.88. The van der Waals surface area contributed by atoms with Gasteiger partial charge in [-0.2, -0.15) is 0 Å². The van der Waals surface area contributed by atoms with Gasteiger partial charge in [-0.25, -0.2) is 0 Å². The van der Waals surface area contributed by atoms with Crippen LogP contribution in [0.15, 0.2) is 24.3 Å². The van der Waals surface area contributed by atoms with Crippen LogP contribution >= 0.6 is 0 Å². The Morgan fingerprint density at radius 1 is 1.08 bits per heavy atom. The highest BCUT2D eigenvalue weighted by Crippen LogP contribution is 2.21. The number of likely N-dealkylation sites (tertiary alicyclic amines) is 2. The highest BCUT2D eigenvalue weighted by molar-refractivity contribution is 5.79. The van der Waals surface area contributed by atoms with E-state index in [0.29, 0.717) is 12.5 Å². The van der Waals surface area contributed by atoms with Crippen molar-refractivity contribution in [3.63, 3.8) is 0 Å². The molecule has 2 aliphatic heterocycles. The van der Waals surface area contributed by atoms with Crippen molar-refractivity contribution in [2.24, 2.45) is 0 Å². The maximum absolute atomic E-state index is 12.7. The zero-order valence-electron chi connectivity index (χ0n) is 14.0. The Morgan fingerprint density at radius 2 is 1.75 bits per heavy atom. The molecule has 0 aliphatic carbocycles. The minimum absolute atomic E-state index is 0.0658. The van der Waals surface area contributed by atoms with Crippen LogP contribution in [0.4, 0.5) is 5.69 Å². The molecule has 1 aromatic carbocycles. The van der Waals surface area contributed by atoms with E-state index in [1.807, 2.05) is 4.90 Å². The van der Waals surface area contributed by atoms with Crippen LogP contribution in [0.5, 0.6) is 0 Å². The van der Waals surface area contributed by atoms with E-state index in [-0.39, 0.29) is 11.6 Å². The lowest BCUT2D eigenvalue weighted by atomic mass is 10.00. The lowest BCUT2D eigenvalue weighted by molar-refractivity contribution is -0.384. The smallest absolute Gasteiger partial charge is 0.269 e. The number of benzene rings is 1. The molecule has 0 unspecified atom stereocenters. The van der Waals surface area contributed by atoms with Crippen molar-refractivity contribution in [2.45, 2.75) is 44.6 Å². The Labute approximate surface area is 142 Å². The number of hydrogen-bond acceptors (Lipinski definition) is 4. The molecule has 6 heteroatoms. The molecule has 2 fully saturated rings. The standard InChI is InChI=1S/C18H25N3O3/c22-18(13-15-6-8-16(9-7-15)21(23)24)20-12-2-1-5-17(20)14-19-10-3-4-11-19/h6-9,17H,1-5,10-14H2/t17-/m0/s1. The topological polar surface area (TPSA) is 66.7 Å². The number of nitro benzene ring substituents is 1. The Bertz CT molecular complexity index is 582. The molecule has 1 atom stereocenters. The summed E-state index contributed by atoms with van der Waals surface area (Å²) in [5.41, 5.74) is 0.909. The fourth-order valence-corrected chi connectivity index (χ4v) is 3.79. The molecule has 3 rings (SSSR count). The van der Waals surface area contributed by atoms with E-state index < -0.39 is 4.92 Å². The molecule has 2 aliphatic rings. The number of nitrogens with zero attached hydrogens (tertiary/aromatic N) is 3. The van der Waals surface area contributed by atoms with Gasteiger partial charge in [-0.15, -0.1) is 0 Å². The third-order valence-electron chi connectivity index (χ3n) is 5.12. The lowest BCUT2D eigenvalue weighted by Gasteiger charge is -2.38. The molecule has 1 amide bonds. The fraction of sp³-hybridized carbons (Fsp3) is 0.611. The van der Waals surface area contributed by atoms with Crippen molar-refractivity contribution in [1.82, 2.24) is 9.80 Å². The maximum atomic E-state index is 12.7. The lowest BCUT2D eigenvalue weighted by Crippen LogP contribution is -2.49. The summed E-state index contributed by atoms with van der Waals surface area (Å²) in [6.07, 6.45) is 6.21. The van der Waals surface area contributed by atoms with Crippen LogP contribution in [0.25, 0.3) is 0 Å².